The average molecular weight is 418 g/mol. The molecule has 0 saturated carbocycles. The SMILES string of the molecule is Cc1ccc([C@@]2(C)NC(=O)N(CC(=O)O[C@@H](C)C(=O)N(C(C)C)C(C)C)C2=O)cc1. The Kier molecular flexibility index (Phi) is 6.90. The summed E-state index contributed by atoms with van der Waals surface area (Å²) in [5.41, 5.74) is 0.379. The molecule has 164 valence electrons. The van der Waals surface area contributed by atoms with Gasteiger partial charge in [0.15, 0.2) is 6.10 Å². The number of nitrogens with zero attached hydrogens (tertiary/aromatic N) is 2. The van der Waals surface area contributed by atoms with Crippen LogP contribution in [0, 0.1) is 6.92 Å². The van der Waals surface area contributed by atoms with Crippen LogP contribution in [0.1, 0.15) is 52.7 Å². The fourth-order valence-corrected chi connectivity index (χ4v) is 3.65. The van der Waals surface area contributed by atoms with E-state index < -0.39 is 36.1 Å². The number of ether oxygens (including phenoxy) is 1. The molecule has 2 rings (SSSR count). The van der Waals surface area contributed by atoms with Crippen molar-refractivity contribution >= 4 is 23.8 Å². The van der Waals surface area contributed by atoms with E-state index in [1.165, 1.54) is 6.92 Å². The normalized spacial score (nSPS) is 19.8. The zero-order chi connectivity index (χ0) is 22.8. The van der Waals surface area contributed by atoms with E-state index in [0.717, 1.165) is 10.5 Å². The Bertz CT molecular complexity index is 826. The molecule has 30 heavy (non-hydrogen) atoms. The number of urea groups is 1. The Labute approximate surface area is 177 Å². The van der Waals surface area contributed by atoms with Crippen LogP contribution in [-0.4, -0.2) is 58.3 Å². The first-order valence-corrected chi connectivity index (χ1v) is 10.1. The predicted molar refractivity (Wildman–Crippen MR) is 111 cm³/mol. The quantitative estimate of drug-likeness (QED) is 0.543. The Morgan fingerprint density at radius 2 is 1.60 bits per heavy atom. The van der Waals surface area contributed by atoms with Gasteiger partial charge >= 0.3 is 12.0 Å². The first kappa shape index (κ1) is 23.4. The highest BCUT2D eigenvalue weighted by atomic mass is 16.5. The monoisotopic (exact) mass is 417 g/mol. The highest BCUT2D eigenvalue weighted by Gasteiger charge is 2.49. The van der Waals surface area contributed by atoms with Gasteiger partial charge in [0.1, 0.15) is 12.1 Å². The van der Waals surface area contributed by atoms with Gasteiger partial charge in [0.25, 0.3) is 11.8 Å². The molecule has 1 aliphatic rings. The van der Waals surface area contributed by atoms with Crippen molar-refractivity contribution in [2.45, 2.75) is 72.2 Å². The van der Waals surface area contributed by atoms with Crippen molar-refractivity contribution in [1.29, 1.82) is 0 Å². The number of rotatable bonds is 7. The number of benzene rings is 1. The molecule has 1 aromatic carbocycles. The fraction of sp³-hybridized carbons (Fsp3) is 0.545. The number of hydrogen-bond acceptors (Lipinski definition) is 5. The minimum atomic E-state index is -1.27. The average Bonchev–Trinajstić information content (AvgIpc) is 2.85. The fourth-order valence-electron chi connectivity index (χ4n) is 3.65. The highest BCUT2D eigenvalue weighted by molar-refractivity contribution is 6.08. The second-order valence-corrected chi connectivity index (χ2v) is 8.38. The van der Waals surface area contributed by atoms with Crippen molar-refractivity contribution in [1.82, 2.24) is 15.1 Å². The minimum Gasteiger partial charge on any atom is -0.451 e. The van der Waals surface area contributed by atoms with Gasteiger partial charge in [-0.2, -0.15) is 0 Å². The van der Waals surface area contributed by atoms with Crippen molar-refractivity contribution in [2.75, 3.05) is 6.54 Å². The number of esters is 1. The lowest BCUT2D eigenvalue weighted by Gasteiger charge is -2.32. The summed E-state index contributed by atoms with van der Waals surface area (Å²) < 4.78 is 5.24. The van der Waals surface area contributed by atoms with Gasteiger partial charge in [0.05, 0.1) is 0 Å². The van der Waals surface area contributed by atoms with E-state index in [-0.39, 0.29) is 18.0 Å². The first-order valence-electron chi connectivity index (χ1n) is 10.1. The molecule has 2 atom stereocenters. The molecule has 1 aliphatic heterocycles. The molecule has 4 amide bonds. The van der Waals surface area contributed by atoms with Gasteiger partial charge in [-0.15, -0.1) is 0 Å². The van der Waals surface area contributed by atoms with E-state index in [4.69, 9.17) is 4.74 Å². The van der Waals surface area contributed by atoms with Crippen molar-refractivity contribution in [2.24, 2.45) is 0 Å². The molecular formula is C22H31N3O5. The van der Waals surface area contributed by atoms with Crippen LogP contribution in [0.5, 0.6) is 0 Å². The number of hydrogen-bond donors (Lipinski definition) is 1. The van der Waals surface area contributed by atoms with Crippen LogP contribution in [0.2, 0.25) is 0 Å². The summed E-state index contributed by atoms with van der Waals surface area (Å²) in [6.45, 7) is 12.0. The molecule has 1 aromatic rings. The summed E-state index contributed by atoms with van der Waals surface area (Å²) in [7, 11) is 0. The molecule has 8 heteroatoms. The van der Waals surface area contributed by atoms with Crippen LogP contribution in [0.4, 0.5) is 4.79 Å². The van der Waals surface area contributed by atoms with Crippen LogP contribution in [0.15, 0.2) is 24.3 Å². The summed E-state index contributed by atoms with van der Waals surface area (Å²) in [6, 6.07) is 6.44. The van der Waals surface area contributed by atoms with Gasteiger partial charge in [-0.05, 0) is 54.0 Å². The molecule has 0 radical (unpaired) electrons. The third kappa shape index (κ3) is 4.63. The molecule has 1 saturated heterocycles. The molecule has 1 fully saturated rings. The summed E-state index contributed by atoms with van der Waals surface area (Å²) in [5.74, 6) is -1.69. The minimum absolute atomic E-state index is 0.0557. The van der Waals surface area contributed by atoms with E-state index in [0.29, 0.717) is 5.56 Å². The van der Waals surface area contributed by atoms with E-state index in [1.54, 1.807) is 24.0 Å². The van der Waals surface area contributed by atoms with Crippen molar-refractivity contribution in [3.8, 4) is 0 Å². The standard InChI is InChI=1S/C22H31N3O5/c1-13(2)25(14(3)4)19(27)16(6)30-18(26)12-24-20(28)22(7,23-21(24)29)17-10-8-15(5)9-11-17/h8-11,13-14,16H,12H2,1-7H3,(H,23,29)/t16-,22+/m0/s1. The lowest BCUT2D eigenvalue weighted by atomic mass is 9.91. The summed E-state index contributed by atoms with van der Waals surface area (Å²) in [6.07, 6.45) is -1.02. The van der Waals surface area contributed by atoms with Gasteiger partial charge in [0.2, 0.25) is 0 Å². The second kappa shape index (κ2) is 8.85. The number of carbonyl (C=O) groups is 4. The van der Waals surface area contributed by atoms with Crippen LogP contribution in [-0.2, 0) is 24.7 Å². The number of carbonyl (C=O) groups excluding carboxylic acids is 4. The molecule has 0 spiro atoms. The van der Waals surface area contributed by atoms with Crippen LogP contribution in [0.25, 0.3) is 0 Å². The van der Waals surface area contributed by atoms with Crippen LogP contribution in [0.3, 0.4) is 0 Å². The zero-order valence-electron chi connectivity index (χ0n) is 18.7. The molecule has 0 aromatic heterocycles. The summed E-state index contributed by atoms with van der Waals surface area (Å²) in [4.78, 5) is 52.8. The lowest BCUT2D eigenvalue weighted by Crippen LogP contribution is -2.48. The molecule has 0 unspecified atom stereocenters. The third-order valence-electron chi connectivity index (χ3n) is 5.21. The van der Waals surface area contributed by atoms with Gasteiger partial charge in [-0.25, -0.2) is 4.79 Å². The predicted octanol–water partition coefficient (Wildman–Crippen LogP) is 2.34. The van der Waals surface area contributed by atoms with E-state index >= 15 is 0 Å². The maximum absolute atomic E-state index is 12.9. The molecule has 1 N–H and O–H groups in total. The third-order valence-corrected chi connectivity index (χ3v) is 5.21. The summed E-state index contributed by atoms with van der Waals surface area (Å²) >= 11 is 0. The molecule has 0 aliphatic carbocycles. The Balaban J connectivity index is 2.08. The molecule has 0 bridgehead atoms. The first-order chi connectivity index (χ1) is 13.9. The molecule has 8 nitrogen and oxygen atoms in total. The van der Waals surface area contributed by atoms with Crippen molar-refractivity contribution in [3.05, 3.63) is 35.4 Å². The van der Waals surface area contributed by atoms with E-state index in [9.17, 15) is 19.2 Å². The molecule has 1 heterocycles. The topological polar surface area (TPSA) is 96.0 Å². The van der Waals surface area contributed by atoms with Gasteiger partial charge in [-0.3, -0.25) is 19.3 Å². The lowest BCUT2D eigenvalue weighted by molar-refractivity contribution is -0.162. The largest absolute Gasteiger partial charge is 0.451 e. The van der Waals surface area contributed by atoms with E-state index in [1.807, 2.05) is 46.8 Å². The number of aryl methyl sites for hydroxylation is 1. The maximum Gasteiger partial charge on any atom is 0.327 e. The second-order valence-electron chi connectivity index (χ2n) is 8.38. The van der Waals surface area contributed by atoms with Gasteiger partial charge < -0.3 is 15.0 Å². The van der Waals surface area contributed by atoms with Crippen LogP contribution >= 0.6 is 0 Å². The molecular weight excluding hydrogens is 386 g/mol. The van der Waals surface area contributed by atoms with Gasteiger partial charge in [0, 0.05) is 12.1 Å². The smallest absolute Gasteiger partial charge is 0.327 e. The Morgan fingerprint density at radius 3 is 2.10 bits per heavy atom. The highest BCUT2D eigenvalue weighted by Crippen LogP contribution is 2.29. The Morgan fingerprint density at radius 1 is 1.07 bits per heavy atom. The summed E-state index contributed by atoms with van der Waals surface area (Å²) in [5, 5.41) is 2.65. The van der Waals surface area contributed by atoms with E-state index in [2.05, 4.69) is 5.32 Å². The Hall–Kier alpha value is -2.90. The maximum atomic E-state index is 12.9. The number of nitrogens with one attached hydrogen (secondary N) is 1. The van der Waals surface area contributed by atoms with Gasteiger partial charge in [-0.1, -0.05) is 29.8 Å². The number of imide groups is 1. The van der Waals surface area contributed by atoms with Crippen molar-refractivity contribution in [3.63, 3.8) is 0 Å². The van der Waals surface area contributed by atoms with Crippen LogP contribution < -0.4 is 5.32 Å². The number of amides is 4. The zero-order valence-corrected chi connectivity index (χ0v) is 18.7. The van der Waals surface area contributed by atoms with Crippen molar-refractivity contribution < 1.29 is 23.9 Å².